The van der Waals surface area contributed by atoms with Gasteiger partial charge in [0.2, 0.25) is 0 Å². The average Bonchev–Trinajstić information content (AvgIpc) is 3.34. The minimum Gasteiger partial charge on any atom is -0.397 e. The smallest absolute Gasteiger partial charge is 0.179 e. The van der Waals surface area contributed by atoms with Gasteiger partial charge in [0.25, 0.3) is 0 Å². The summed E-state index contributed by atoms with van der Waals surface area (Å²) in [5.74, 6) is 2.24. The first-order valence-corrected chi connectivity index (χ1v) is 8.43. The lowest BCUT2D eigenvalue weighted by atomic mass is 10.1. The summed E-state index contributed by atoms with van der Waals surface area (Å²) < 4.78 is 2.12. The molecule has 4 heterocycles. The largest absolute Gasteiger partial charge is 0.397 e. The van der Waals surface area contributed by atoms with E-state index in [2.05, 4.69) is 34.9 Å². The Morgan fingerprint density at radius 2 is 2.08 bits per heavy atom. The van der Waals surface area contributed by atoms with Crippen LogP contribution in [0.15, 0.2) is 36.8 Å². The first kappa shape index (κ1) is 14.2. The van der Waals surface area contributed by atoms with Gasteiger partial charge < -0.3 is 16.0 Å². The Kier molecular flexibility index (Phi) is 3.09. The third-order valence-electron chi connectivity index (χ3n) is 4.90. The van der Waals surface area contributed by atoms with Crippen LogP contribution >= 0.6 is 0 Å². The monoisotopic (exact) mass is 334 g/mol. The lowest BCUT2D eigenvalue weighted by molar-refractivity contribution is 0.651. The van der Waals surface area contributed by atoms with Crippen molar-refractivity contribution in [1.29, 1.82) is 0 Å². The normalized spacial score (nSPS) is 20.5. The maximum absolute atomic E-state index is 5.69. The Morgan fingerprint density at radius 1 is 1.12 bits per heavy atom. The molecule has 4 aromatic rings. The average molecular weight is 334 g/mol. The zero-order valence-corrected chi connectivity index (χ0v) is 13.6. The minimum absolute atomic E-state index is 0.363. The van der Waals surface area contributed by atoms with Gasteiger partial charge >= 0.3 is 0 Å². The predicted octanol–water partition coefficient (Wildman–Crippen LogP) is 2.33. The maximum Gasteiger partial charge on any atom is 0.179 e. The molecule has 1 fully saturated rings. The summed E-state index contributed by atoms with van der Waals surface area (Å²) in [4.78, 5) is 11.9. The van der Waals surface area contributed by atoms with Crippen LogP contribution in [0.2, 0.25) is 0 Å². The number of hydrogen-bond donors (Lipinski definition) is 3. The number of H-pyrrole nitrogens is 1. The fraction of sp³-hybridized carbons (Fsp3) is 0.294. The number of rotatable bonds is 3. The molecule has 0 unspecified atom stereocenters. The lowest BCUT2D eigenvalue weighted by Crippen LogP contribution is -2.16. The number of aromatic nitrogens is 6. The Balaban J connectivity index is 1.42. The number of aromatic amines is 1. The van der Waals surface area contributed by atoms with Gasteiger partial charge in [-0.25, -0.2) is 9.97 Å². The van der Waals surface area contributed by atoms with E-state index in [9.17, 15) is 0 Å². The van der Waals surface area contributed by atoms with Crippen LogP contribution in [0.25, 0.3) is 16.8 Å². The van der Waals surface area contributed by atoms with Crippen molar-refractivity contribution in [2.24, 2.45) is 0 Å². The Morgan fingerprint density at radius 3 is 2.96 bits per heavy atom. The van der Waals surface area contributed by atoms with Crippen molar-refractivity contribution < 1.29 is 0 Å². The molecule has 1 aliphatic carbocycles. The van der Waals surface area contributed by atoms with Crippen LogP contribution in [0.3, 0.4) is 0 Å². The van der Waals surface area contributed by atoms with E-state index in [0.29, 0.717) is 17.6 Å². The molecule has 126 valence electrons. The van der Waals surface area contributed by atoms with Crippen molar-refractivity contribution >= 4 is 28.3 Å². The molecule has 0 spiro atoms. The number of nitrogens with two attached hydrogens (primary N) is 1. The minimum atomic E-state index is 0.363. The quantitative estimate of drug-likeness (QED) is 0.530. The molecule has 0 amide bonds. The van der Waals surface area contributed by atoms with Gasteiger partial charge in [0.05, 0.1) is 23.6 Å². The highest BCUT2D eigenvalue weighted by atomic mass is 15.3. The molecule has 0 saturated heterocycles. The summed E-state index contributed by atoms with van der Waals surface area (Å²) in [7, 11) is 0. The molecule has 4 N–H and O–H groups in total. The zero-order chi connectivity index (χ0) is 16.8. The molecule has 0 bridgehead atoms. The van der Waals surface area contributed by atoms with Gasteiger partial charge in [-0.2, -0.15) is 0 Å². The number of anilines is 2. The first-order valence-electron chi connectivity index (χ1n) is 8.43. The molecule has 0 aliphatic heterocycles. The van der Waals surface area contributed by atoms with Crippen LogP contribution in [0.4, 0.5) is 11.5 Å². The Bertz CT molecular complexity index is 1030. The summed E-state index contributed by atoms with van der Waals surface area (Å²) in [6, 6.07) is 6.18. The van der Waals surface area contributed by atoms with E-state index in [4.69, 9.17) is 5.73 Å². The molecule has 8 heteroatoms. The van der Waals surface area contributed by atoms with Crippen molar-refractivity contribution in [2.45, 2.75) is 31.2 Å². The van der Waals surface area contributed by atoms with E-state index in [1.165, 1.54) is 0 Å². The van der Waals surface area contributed by atoms with Crippen LogP contribution in [0.5, 0.6) is 0 Å². The summed E-state index contributed by atoms with van der Waals surface area (Å²) in [5, 5.41) is 12.3. The predicted molar refractivity (Wildman–Crippen MR) is 95.3 cm³/mol. The van der Waals surface area contributed by atoms with Gasteiger partial charge in [-0.15, -0.1) is 10.2 Å². The number of hydrogen-bond acceptors (Lipinski definition) is 6. The first-order chi connectivity index (χ1) is 12.3. The fourth-order valence-electron chi connectivity index (χ4n) is 3.71. The van der Waals surface area contributed by atoms with Gasteiger partial charge in [-0.1, -0.05) is 0 Å². The van der Waals surface area contributed by atoms with Crippen molar-refractivity contribution in [1.82, 2.24) is 29.5 Å². The van der Waals surface area contributed by atoms with E-state index in [0.717, 1.165) is 47.7 Å². The molecule has 5 rings (SSSR count). The molecule has 1 saturated carbocycles. The number of pyridine rings is 1. The SMILES string of the molecule is Nc1ccc(N[C@@H]2CC[C@@H](c3nnc4cnc5[nH]ccc5n34)C2)nc1. The Hall–Kier alpha value is -3.16. The molecule has 4 aromatic heterocycles. The molecular weight excluding hydrogens is 316 g/mol. The van der Waals surface area contributed by atoms with E-state index in [1.807, 2.05) is 24.4 Å². The van der Waals surface area contributed by atoms with Crippen LogP contribution < -0.4 is 11.1 Å². The van der Waals surface area contributed by atoms with E-state index in [1.54, 1.807) is 12.4 Å². The number of nitrogens with one attached hydrogen (secondary N) is 2. The summed E-state index contributed by atoms with van der Waals surface area (Å²) >= 11 is 0. The van der Waals surface area contributed by atoms with Crippen LogP contribution in [-0.4, -0.2) is 35.6 Å². The second-order valence-electron chi connectivity index (χ2n) is 6.55. The molecule has 8 nitrogen and oxygen atoms in total. The third kappa shape index (κ3) is 2.37. The summed E-state index contributed by atoms with van der Waals surface area (Å²) in [6.07, 6.45) is 8.48. The topological polar surface area (TPSA) is 110 Å². The number of fused-ring (bicyclic) bond motifs is 3. The van der Waals surface area contributed by atoms with Gasteiger partial charge in [-0.3, -0.25) is 4.40 Å². The standard InChI is InChI=1S/C17H18N8/c18-11-2-4-14(20-8-11)22-12-3-1-10(7-12)17-24-23-15-9-21-16-13(25(15)17)5-6-19-16/h2,4-6,8-10,12,19H,1,3,7,18H2,(H,20,22)/t10-,12-/m1/s1. The number of nitrogen functional groups attached to an aromatic ring is 1. The summed E-state index contributed by atoms with van der Waals surface area (Å²) in [5.41, 5.74) is 9.04. The fourth-order valence-corrected chi connectivity index (χ4v) is 3.71. The van der Waals surface area contributed by atoms with Crippen molar-refractivity contribution in [3.63, 3.8) is 0 Å². The molecule has 1 aliphatic rings. The van der Waals surface area contributed by atoms with E-state index >= 15 is 0 Å². The van der Waals surface area contributed by atoms with Crippen LogP contribution in [0.1, 0.15) is 31.0 Å². The molecule has 2 atom stereocenters. The van der Waals surface area contributed by atoms with E-state index in [-0.39, 0.29) is 0 Å². The van der Waals surface area contributed by atoms with Crippen molar-refractivity contribution in [3.05, 3.63) is 42.6 Å². The second-order valence-corrected chi connectivity index (χ2v) is 6.55. The summed E-state index contributed by atoms with van der Waals surface area (Å²) in [6.45, 7) is 0. The van der Waals surface area contributed by atoms with Gasteiger partial charge in [0.15, 0.2) is 11.3 Å². The highest BCUT2D eigenvalue weighted by Gasteiger charge is 2.30. The number of nitrogens with zero attached hydrogens (tertiary/aromatic N) is 5. The van der Waals surface area contributed by atoms with Crippen molar-refractivity contribution in [3.8, 4) is 0 Å². The van der Waals surface area contributed by atoms with Gasteiger partial charge in [-0.05, 0) is 37.5 Å². The van der Waals surface area contributed by atoms with Crippen LogP contribution in [-0.2, 0) is 0 Å². The highest BCUT2D eigenvalue weighted by molar-refractivity contribution is 5.74. The molecule has 0 radical (unpaired) electrons. The zero-order valence-electron chi connectivity index (χ0n) is 13.6. The molecule has 25 heavy (non-hydrogen) atoms. The Labute approximate surface area is 143 Å². The maximum atomic E-state index is 5.69. The molecule has 0 aromatic carbocycles. The second kappa shape index (κ2) is 5.44. The molecular formula is C17H18N8. The van der Waals surface area contributed by atoms with Crippen molar-refractivity contribution in [2.75, 3.05) is 11.1 Å². The van der Waals surface area contributed by atoms with Gasteiger partial charge in [0, 0.05) is 18.2 Å². The van der Waals surface area contributed by atoms with Gasteiger partial charge in [0.1, 0.15) is 11.6 Å². The highest BCUT2D eigenvalue weighted by Crippen LogP contribution is 2.35. The van der Waals surface area contributed by atoms with Crippen LogP contribution in [0, 0.1) is 0 Å². The lowest BCUT2D eigenvalue weighted by Gasteiger charge is -2.13. The third-order valence-corrected chi connectivity index (χ3v) is 4.90. The van der Waals surface area contributed by atoms with E-state index < -0.39 is 0 Å².